The van der Waals surface area contributed by atoms with Crippen LogP contribution < -0.4 is 10.6 Å². The van der Waals surface area contributed by atoms with E-state index in [-0.39, 0.29) is 16.8 Å². The topological polar surface area (TPSA) is 107 Å². The highest BCUT2D eigenvalue weighted by atomic mass is 16.5. The average Bonchev–Trinajstić information content (AvgIpc) is 2.61. The van der Waals surface area contributed by atoms with Crippen LogP contribution in [0.3, 0.4) is 0 Å². The maximum atomic E-state index is 12.1. The minimum atomic E-state index is -0.648. The van der Waals surface area contributed by atoms with Gasteiger partial charge in [-0.05, 0) is 30.3 Å². The molecular formula is C16H15N3O5. The second kappa shape index (κ2) is 7.73. The van der Waals surface area contributed by atoms with Crippen LogP contribution in [0.4, 0.5) is 16.2 Å². The zero-order valence-corrected chi connectivity index (χ0v) is 13.0. The van der Waals surface area contributed by atoms with Crippen LogP contribution in [0.25, 0.3) is 0 Å². The second-order valence-corrected chi connectivity index (χ2v) is 4.56. The number of rotatable bonds is 4. The molecular weight excluding hydrogens is 314 g/mol. The number of nitrogens with zero attached hydrogens (tertiary/aromatic N) is 1. The standard InChI is InChI=1S/C16H15N3O5/c1-23-14(20)10-3-4-12(15(21)24-2)13(9-10)19-16(22)18-11-5-7-17-8-6-11/h3-9H,1-2H3,(H2,17,18,19,22). The third kappa shape index (κ3) is 4.07. The van der Waals surface area contributed by atoms with Crippen molar-refractivity contribution in [2.24, 2.45) is 0 Å². The summed E-state index contributed by atoms with van der Waals surface area (Å²) in [4.78, 5) is 39.4. The van der Waals surface area contributed by atoms with Crippen LogP contribution in [0.2, 0.25) is 0 Å². The Hall–Kier alpha value is -3.42. The fraction of sp³-hybridized carbons (Fsp3) is 0.125. The molecule has 0 saturated carbocycles. The van der Waals surface area contributed by atoms with Crippen LogP contribution >= 0.6 is 0 Å². The van der Waals surface area contributed by atoms with Crippen molar-refractivity contribution < 1.29 is 23.9 Å². The van der Waals surface area contributed by atoms with Gasteiger partial charge in [-0.1, -0.05) is 0 Å². The van der Waals surface area contributed by atoms with Crippen molar-refractivity contribution in [1.29, 1.82) is 0 Å². The second-order valence-electron chi connectivity index (χ2n) is 4.56. The fourth-order valence-electron chi connectivity index (χ4n) is 1.90. The number of aromatic nitrogens is 1. The van der Waals surface area contributed by atoms with Crippen LogP contribution in [-0.2, 0) is 9.47 Å². The minimum absolute atomic E-state index is 0.107. The summed E-state index contributed by atoms with van der Waals surface area (Å²) in [6, 6.07) is 6.74. The van der Waals surface area contributed by atoms with Crippen molar-refractivity contribution in [3.05, 3.63) is 53.9 Å². The zero-order chi connectivity index (χ0) is 17.5. The van der Waals surface area contributed by atoms with Gasteiger partial charge in [-0.3, -0.25) is 4.98 Å². The average molecular weight is 329 g/mol. The van der Waals surface area contributed by atoms with Crippen molar-refractivity contribution in [2.75, 3.05) is 24.9 Å². The van der Waals surface area contributed by atoms with E-state index in [4.69, 9.17) is 0 Å². The van der Waals surface area contributed by atoms with Crippen LogP contribution in [-0.4, -0.2) is 37.2 Å². The number of hydrogen-bond acceptors (Lipinski definition) is 6. The summed E-state index contributed by atoms with van der Waals surface area (Å²) in [6.45, 7) is 0. The lowest BCUT2D eigenvalue weighted by Gasteiger charge is -2.12. The van der Waals surface area contributed by atoms with E-state index in [0.717, 1.165) is 0 Å². The molecule has 0 bridgehead atoms. The number of amides is 2. The maximum Gasteiger partial charge on any atom is 0.339 e. The molecule has 1 aromatic carbocycles. The number of urea groups is 1. The maximum absolute atomic E-state index is 12.1. The predicted molar refractivity (Wildman–Crippen MR) is 86.0 cm³/mol. The van der Waals surface area contributed by atoms with Gasteiger partial charge in [-0.25, -0.2) is 14.4 Å². The molecule has 8 nitrogen and oxygen atoms in total. The van der Waals surface area contributed by atoms with Gasteiger partial charge in [0.25, 0.3) is 0 Å². The molecule has 0 unspecified atom stereocenters. The molecule has 0 aliphatic heterocycles. The fourth-order valence-corrected chi connectivity index (χ4v) is 1.90. The molecule has 124 valence electrons. The first-order chi connectivity index (χ1) is 11.5. The third-order valence-corrected chi connectivity index (χ3v) is 3.03. The Bertz CT molecular complexity index is 762. The molecule has 0 radical (unpaired) electrons. The van der Waals surface area contributed by atoms with Gasteiger partial charge in [0.05, 0.1) is 31.0 Å². The molecule has 0 saturated heterocycles. The number of carbonyl (C=O) groups is 3. The summed E-state index contributed by atoms with van der Waals surface area (Å²) in [6.07, 6.45) is 3.04. The Morgan fingerprint density at radius 2 is 1.58 bits per heavy atom. The smallest absolute Gasteiger partial charge is 0.339 e. The van der Waals surface area contributed by atoms with Crippen molar-refractivity contribution in [3.63, 3.8) is 0 Å². The zero-order valence-electron chi connectivity index (χ0n) is 13.0. The number of carbonyl (C=O) groups excluding carboxylic acids is 3. The monoisotopic (exact) mass is 329 g/mol. The SMILES string of the molecule is COC(=O)c1ccc(C(=O)OC)c(NC(=O)Nc2ccncc2)c1. The number of ether oxygens (including phenoxy) is 2. The van der Waals surface area contributed by atoms with Gasteiger partial charge in [0.2, 0.25) is 0 Å². The minimum Gasteiger partial charge on any atom is -0.465 e. The van der Waals surface area contributed by atoms with Crippen molar-refractivity contribution in [3.8, 4) is 0 Å². The summed E-state index contributed by atoms with van der Waals surface area (Å²) in [7, 11) is 2.46. The van der Waals surface area contributed by atoms with E-state index < -0.39 is 18.0 Å². The number of nitrogens with one attached hydrogen (secondary N) is 2. The van der Waals surface area contributed by atoms with E-state index in [1.54, 1.807) is 12.1 Å². The number of methoxy groups -OCH3 is 2. The molecule has 24 heavy (non-hydrogen) atoms. The Morgan fingerprint density at radius 3 is 2.21 bits per heavy atom. The first-order valence-electron chi connectivity index (χ1n) is 6.84. The highest BCUT2D eigenvalue weighted by Gasteiger charge is 2.17. The van der Waals surface area contributed by atoms with Gasteiger partial charge in [0, 0.05) is 18.1 Å². The van der Waals surface area contributed by atoms with Crippen LogP contribution in [0.15, 0.2) is 42.7 Å². The lowest BCUT2D eigenvalue weighted by atomic mass is 10.1. The van der Waals surface area contributed by atoms with E-state index in [0.29, 0.717) is 5.69 Å². The molecule has 0 spiro atoms. The molecule has 0 aliphatic rings. The van der Waals surface area contributed by atoms with E-state index in [1.807, 2.05) is 0 Å². The number of hydrogen-bond donors (Lipinski definition) is 2. The quantitative estimate of drug-likeness (QED) is 0.834. The molecule has 2 aromatic rings. The Kier molecular flexibility index (Phi) is 5.45. The Balaban J connectivity index is 2.26. The van der Waals surface area contributed by atoms with Crippen LogP contribution in [0, 0.1) is 0 Å². The third-order valence-electron chi connectivity index (χ3n) is 3.03. The van der Waals surface area contributed by atoms with Gasteiger partial charge in [0.15, 0.2) is 0 Å². The molecule has 2 rings (SSSR count). The Morgan fingerprint density at radius 1 is 0.917 bits per heavy atom. The van der Waals surface area contributed by atoms with E-state index in [1.165, 1.54) is 44.8 Å². The van der Waals surface area contributed by atoms with E-state index in [2.05, 4.69) is 25.1 Å². The van der Waals surface area contributed by atoms with Crippen molar-refractivity contribution in [2.45, 2.75) is 0 Å². The van der Waals surface area contributed by atoms with E-state index in [9.17, 15) is 14.4 Å². The largest absolute Gasteiger partial charge is 0.465 e. The van der Waals surface area contributed by atoms with Gasteiger partial charge < -0.3 is 20.1 Å². The van der Waals surface area contributed by atoms with Crippen LogP contribution in [0.1, 0.15) is 20.7 Å². The van der Waals surface area contributed by atoms with Crippen LogP contribution in [0.5, 0.6) is 0 Å². The van der Waals surface area contributed by atoms with Gasteiger partial charge >= 0.3 is 18.0 Å². The van der Waals surface area contributed by atoms with Gasteiger partial charge in [-0.2, -0.15) is 0 Å². The molecule has 2 N–H and O–H groups in total. The number of benzene rings is 1. The molecule has 1 aromatic heterocycles. The van der Waals surface area contributed by atoms with Gasteiger partial charge in [-0.15, -0.1) is 0 Å². The molecule has 0 aliphatic carbocycles. The van der Waals surface area contributed by atoms with E-state index >= 15 is 0 Å². The highest BCUT2D eigenvalue weighted by Crippen LogP contribution is 2.20. The first-order valence-corrected chi connectivity index (χ1v) is 6.84. The Labute approximate surface area is 137 Å². The van der Waals surface area contributed by atoms with Crippen molar-refractivity contribution in [1.82, 2.24) is 4.98 Å². The normalized spacial score (nSPS) is 9.75. The lowest BCUT2D eigenvalue weighted by molar-refractivity contribution is 0.0587. The van der Waals surface area contributed by atoms with Gasteiger partial charge in [0.1, 0.15) is 0 Å². The lowest BCUT2D eigenvalue weighted by Crippen LogP contribution is -2.21. The number of esters is 2. The summed E-state index contributed by atoms with van der Waals surface area (Å²) in [5, 5.41) is 5.09. The predicted octanol–water partition coefficient (Wildman–Crippen LogP) is 2.30. The first kappa shape index (κ1) is 16.9. The summed E-state index contributed by atoms with van der Waals surface area (Å²) in [5.41, 5.74) is 0.932. The molecule has 0 fully saturated rings. The molecule has 8 heteroatoms. The molecule has 2 amide bonds. The molecule has 0 atom stereocenters. The summed E-state index contributed by atoms with van der Waals surface area (Å²) >= 11 is 0. The molecule has 1 heterocycles. The highest BCUT2D eigenvalue weighted by molar-refractivity contribution is 6.06. The van der Waals surface area contributed by atoms with Crippen molar-refractivity contribution >= 4 is 29.3 Å². The summed E-state index contributed by atoms with van der Waals surface area (Å²) < 4.78 is 9.30. The number of anilines is 2. The summed E-state index contributed by atoms with van der Waals surface area (Å²) in [5.74, 6) is -1.24. The number of pyridine rings is 1.